The molecule has 3 rings (SSSR count). The predicted octanol–water partition coefficient (Wildman–Crippen LogP) is 3.11. The molecule has 0 spiro atoms. The van der Waals surface area contributed by atoms with Crippen molar-refractivity contribution in [2.75, 3.05) is 32.2 Å². The number of hydrogen-bond acceptors (Lipinski definition) is 4. The number of carbonyl (C=O) groups is 2. The van der Waals surface area contributed by atoms with Gasteiger partial charge in [-0.1, -0.05) is 24.3 Å². The van der Waals surface area contributed by atoms with E-state index in [-0.39, 0.29) is 24.2 Å². The molecule has 0 saturated carbocycles. The highest BCUT2D eigenvalue weighted by Crippen LogP contribution is 2.30. The van der Waals surface area contributed by atoms with E-state index in [4.69, 9.17) is 9.47 Å². The molecule has 1 fully saturated rings. The fourth-order valence-corrected chi connectivity index (χ4v) is 3.58. The van der Waals surface area contributed by atoms with Crippen molar-refractivity contribution in [3.8, 4) is 11.5 Å². The Morgan fingerprint density at radius 2 is 1.82 bits per heavy atom. The zero-order chi connectivity index (χ0) is 20.1. The summed E-state index contributed by atoms with van der Waals surface area (Å²) in [7, 11) is 3.17. The van der Waals surface area contributed by atoms with Gasteiger partial charge in [0, 0.05) is 31.7 Å². The van der Waals surface area contributed by atoms with Crippen LogP contribution in [0.3, 0.4) is 0 Å². The molecule has 28 heavy (non-hydrogen) atoms. The van der Waals surface area contributed by atoms with Crippen LogP contribution in [0.2, 0.25) is 0 Å². The smallest absolute Gasteiger partial charge is 0.232 e. The van der Waals surface area contributed by atoms with E-state index in [1.165, 1.54) is 0 Å². The van der Waals surface area contributed by atoms with E-state index in [1.807, 2.05) is 55.5 Å². The number of likely N-dealkylation sites (tertiary alicyclic amines) is 1. The molecular formula is C22H26N2O4. The van der Waals surface area contributed by atoms with Gasteiger partial charge in [-0.05, 0) is 36.8 Å². The lowest BCUT2D eigenvalue weighted by molar-refractivity contribution is -0.128. The zero-order valence-electron chi connectivity index (χ0n) is 16.6. The predicted molar refractivity (Wildman–Crippen MR) is 108 cm³/mol. The standard InChI is InChI=1S/C22H26N2O4/c1-4-24(18-8-6-5-7-9-18)22(26)17-13-21(25)23(15-17)14-16-10-11-19(27-2)20(12-16)28-3/h5-12,17H,4,13-15H2,1-3H3. The molecule has 1 heterocycles. The molecule has 1 aliphatic heterocycles. The van der Waals surface area contributed by atoms with Crippen LogP contribution in [0, 0.1) is 5.92 Å². The maximum Gasteiger partial charge on any atom is 0.232 e. The van der Waals surface area contributed by atoms with Gasteiger partial charge in [0.15, 0.2) is 11.5 Å². The number of methoxy groups -OCH3 is 2. The Morgan fingerprint density at radius 3 is 2.46 bits per heavy atom. The number of hydrogen-bond donors (Lipinski definition) is 0. The van der Waals surface area contributed by atoms with Crippen LogP contribution >= 0.6 is 0 Å². The summed E-state index contributed by atoms with van der Waals surface area (Å²) in [5, 5.41) is 0. The van der Waals surface area contributed by atoms with Crippen molar-refractivity contribution < 1.29 is 19.1 Å². The van der Waals surface area contributed by atoms with Gasteiger partial charge in [0.2, 0.25) is 11.8 Å². The molecule has 1 unspecified atom stereocenters. The van der Waals surface area contributed by atoms with Crippen LogP contribution in [0.25, 0.3) is 0 Å². The van der Waals surface area contributed by atoms with Crippen LogP contribution < -0.4 is 14.4 Å². The molecule has 148 valence electrons. The summed E-state index contributed by atoms with van der Waals surface area (Å²) in [5.41, 5.74) is 1.80. The van der Waals surface area contributed by atoms with Crippen molar-refractivity contribution in [3.05, 3.63) is 54.1 Å². The van der Waals surface area contributed by atoms with Gasteiger partial charge in [-0.25, -0.2) is 0 Å². The van der Waals surface area contributed by atoms with E-state index in [2.05, 4.69) is 0 Å². The van der Waals surface area contributed by atoms with Crippen molar-refractivity contribution in [3.63, 3.8) is 0 Å². The average Bonchev–Trinajstić information content (AvgIpc) is 3.09. The number of rotatable bonds is 7. The number of para-hydroxylation sites is 1. The number of anilines is 1. The summed E-state index contributed by atoms with van der Waals surface area (Å²) in [4.78, 5) is 29.0. The van der Waals surface area contributed by atoms with Gasteiger partial charge in [0.25, 0.3) is 0 Å². The summed E-state index contributed by atoms with van der Waals surface area (Å²) in [6.07, 6.45) is 0.245. The highest BCUT2D eigenvalue weighted by molar-refractivity contribution is 5.99. The molecule has 0 N–H and O–H groups in total. The van der Waals surface area contributed by atoms with Gasteiger partial charge in [-0.15, -0.1) is 0 Å². The highest BCUT2D eigenvalue weighted by atomic mass is 16.5. The molecule has 1 aliphatic rings. The fourth-order valence-electron chi connectivity index (χ4n) is 3.58. The van der Waals surface area contributed by atoms with Gasteiger partial charge < -0.3 is 19.3 Å². The Hall–Kier alpha value is -3.02. The Labute approximate surface area is 165 Å². The monoisotopic (exact) mass is 382 g/mol. The molecular weight excluding hydrogens is 356 g/mol. The van der Waals surface area contributed by atoms with E-state index < -0.39 is 0 Å². The van der Waals surface area contributed by atoms with Crippen molar-refractivity contribution in [2.45, 2.75) is 19.9 Å². The topological polar surface area (TPSA) is 59.1 Å². The third kappa shape index (κ3) is 4.11. The number of ether oxygens (including phenoxy) is 2. The first-order chi connectivity index (χ1) is 13.6. The molecule has 0 aromatic heterocycles. The second-order valence-electron chi connectivity index (χ2n) is 6.78. The first-order valence-corrected chi connectivity index (χ1v) is 9.42. The summed E-state index contributed by atoms with van der Waals surface area (Å²) in [6, 6.07) is 15.2. The minimum Gasteiger partial charge on any atom is -0.493 e. The number of carbonyl (C=O) groups excluding carboxylic acids is 2. The molecule has 1 saturated heterocycles. The van der Waals surface area contributed by atoms with Gasteiger partial charge in [-0.3, -0.25) is 9.59 Å². The Bertz CT molecular complexity index is 838. The van der Waals surface area contributed by atoms with Crippen LogP contribution in [0.5, 0.6) is 11.5 Å². The van der Waals surface area contributed by atoms with Crippen molar-refractivity contribution in [1.29, 1.82) is 0 Å². The Kier molecular flexibility index (Phi) is 6.19. The molecule has 0 bridgehead atoms. The van der Waals surface area contributed by atoms with Crippen LogP contribution in [0.1, 0.15) is 18.9 Å². The van der Waals surface area contributed by atoms with Crippen LogP contribution in [0.15, 0.2) is 48.5 Å². The summed E-state index contributed by atoms with van der Waals surface area (Å²) in [5.74, 6) is 0.941. The van der Waals surface area contributed by atoms with Crippen molar-refractivity contribution in [1.82, 2.24) is 4.90 Å². The first kappa shape index (κ1) is 19.7. The SMILES string of the molecule is CCN(C(=O)C1CC(=O)N(Cc2ccc(OC)c(OC)c2)C1)c1ccccc1. The van der Waals surface area contributed by atoms with Crippen molar-refractivity contribution >= 4 is 17.5 Å². The van der Waals surface area contributed by atoms with E-state index >= 15 is 0 Å². The number of amides is 2. The third-order valence-corrected chi connectivity index (χ3v) is 5.04. The van der Waals surface area contributed by atoms with E-state index in [0.717, 1.165) is 11.3 Å². The molecule has 6 nitrogen and oxygen atoms in total. The largest absolute Gasteiger partial charge is 0.493 e. The fraction of sp³-hybridized carbons (Fsp3) is 0.364. The Morgan fingerprint density at radius 1 is 1.11 bits per heavy atom. The maximum absolute atomic E-state index is 13.0. The normalized spacial score (nSPS) is 16.2. The molecule has 1 atom stereocenters. The lowest BCUT2D eigenvalue weighted by Gasteiger charge is -2.24. The maximum atomic E-state index is 13.0. The first-order valence-electron chi connectivity index (χ1n) is 9.42. The summed E-state index contributed by atoms with van der Waals surface area (Å²) in [6.45, 7) is 3.39. The van der Waals surface area contributed by atoms with Crippen LogP contribution in [-0.4, -0.2) is 44.0 Å². The van der Waals surface area contributed by atoms with Crippen LogP contribution in [-0.2, 0) is 16.1 Å². The number of nitrogens with zero attached hydrogens (tertiary/aromatic N) is 2. The van der Waals surface area contributed by atoms with Gasteiger partial charge >= 0.3 is 0 Å². The third-order valence-electron chi connectivity index (χ3n) is 5.04. The Balaban J connectivity index is 1.70. The lowest BCUT2D eigenvalue weighted by Crippen LogP contribution is -2.37. The van der Waals surface area contributed by atoms with E-state index in [9.17, 15) is 9.59 Å². The van der Waals surface area contributed by atoms with Crippen LogP contribution in [0.4, 0.5) is 5.69 Å². The molecule has 0 radical (unpaired) electrons. The van der Waals surface area contributed by atoms with Gasteiger partial charge in [-0.2, -0.15) is 0 Å². The lowest BCUT2D eigenvalue weighted by atomic mass is 10.1. The highest BCUT2D eigenvalue weighted by Gasteiger charge is 2.36. The van der Waals surface area contributed by atoms with Crippen molar-refractivity contribution in [2.24, 2.45) is 5.92 Å². The minimum atomic E-state index is -0.326. The number of benzene rings is 2. The van der Waals surface area contributed by atoms with E-state index in [0.29, 0.717) is 31.1 Å². The second-order valence-corrected chi connectivity index (χ2v) is 6.78. The molecule has 0 aliphatic carbocycles. The molecule has 6 heteroatoms. The average molecular weight is 382 g/mol. The van der Waals surface area contributed by atoms with Gasteiger partial charge in [0.05, 0.1) is 20.1 Å². The molecule has 2 aromatic carbocycles. The molecule has 2 amide bonds. The quantitative estimate of drug-likeness (QED) is 0.738. The minimum absolute atomic E-state index is 0.00255. The second kappa shape index (κ2) is 8.78. The summed E-state index contributed by atoms with van der Waals surface area (Å²) >= 11 is 0. The van der Waals surface area contributed by atoms with E-state index in [1.54, 1.807) is 24.0 Å². The summed E-state index contributed by atoms with van der Waals surface area (Å²) < 4.78 is 10.6. The van der Waals surface area contributed by atoms with Gasteiger partial charge in [0.1, 0.15) is 0 Å². The molecule has 2 aromatic rings. The zero-order valence-corrected chi connectivity index (χ0v) is 16.6.